The van der Waals surface area contributed by atoms with Gasteiger partial charge in [-0.25, -0.2) is 0 Å². The van der Waals surface area contributed by atoms with Gasteiger partial charge in [0.15, 0.2) is 5.11 Å². The third-order valence-corrected chi connectivity index (χ3v) is 5.42. The normalized spacial score (nSPS) is 16.2. The maximum atomic E-state index is 13.2. The molecule has 0 radical (unpaired) electrons. The first-order chi connectivity index (χ1) is 13.4. The number of hydrogen-bond acceptors (Lipinski definition) is 3. The molecule has 0 aliphatic carbocycles. The molecule has 1 aromatic heterocycles. The molecule has 4 rings (SSSR count). The number of para-hydroxylation sites is 1. The number of carbonyl (C=O) groups excluding carboxylic acids is 2. The first-order valence-electron chi connectivity index (χ1n) is 8.90. The van der Waals surface area contributed by atoms with E-state index in [4.69, 9.17) is 12.2 Å². The summed E-state index contributed by atoms with van der Waals surface area (Å²) >= 11 is 5.26. The van der Waals surface area contributed by atoms with Crippen LogP contribution in [0.15, 0.2) is 54.1 Å². The molecule has 6 heteroatoms. The zero-order valence-corrected chi connectivity index (χ0v) is 16.6. The van der Waals surface area contributed by atoms with Gasteiger partial charge in [-0.15, -0.1) is 0 Å². The number of aromatic nitrogens is 1. The van der Waals surface area contributed by atoms with E-state index in [-0.39, 0.29) is 10.7 Å². The molecule has 2 heterocycles. The second kappa shape index (κ2) is 6.73. The van der Waals surface area contributed by atoms with Crippen molar-refractivity contribution in [1.82, 2.24) is 9.88 Å². The van der Waals surface area contributed by atoms with Crippen molar-refractivity contribution in [1.29, 1.82) is 0 Å². The molecule has 0 bridgehead atoms. The number of fused-ring (bicyclic) bond motifs is 1. The molecule has 1 N–H and O–H groups in total. The molecule has 5 nitrogen and oxygen atoms in total. The number of carbonyl (C=O) groups is 2. The van der Waals surface area contributed by atoms with Crippen LogP contribution >= 0.6 is 12.2 Å². The molecule has 3 aromatic rings. The van der Waals surface area contributed by atoms with E-state index in [0.717, 1.165) is 27.7 Å². The van der Waals surface area contributed by atoms with Crippen molar-refractivity contribution >= 4 is 51.8 Å². The number of nitrogens with one attached hydrogen (secondary N) is 1. The van der Waals surface area contributed by atoms with E-state index < -0.39 is 11.8 Å². The Labute approximate surface area is 168 Å². The van der Waals surface area contributed by atoms with Crippen LogP contribution in [0.1, 0.15) is 16.8 Å². The van der Waals surface area contributed by atoms with Crippen LogP contribution in [0, 0.1) is 13.8 Å². The molecule has 0 atom stereocenters. The highest BCUT2D eigenvalue weighted by Gasteiger charge is 2.34. The molecule has 0 spiro atoms. The van der Waals surface area contributed by atoms with Crippen molar-refractivity contribution in [2.24, 2.45) is 7.05 Å². The largest absolute Gasteiger partial charge is 0.347 e. The maximum Gasteiger partial charge on any atom is 0.270 e. The Morgan fingerprint density at radius 3 is 2.39 bits per heavy atom. The van der Waals surface area contributed by atoms with Gasteiger partial charge in [0.1, 0.15) is 5.57 Å². The summed E-state index contributed by atoms with van der Waals surface area (Å²) in [5.74, 6) is -0.907. The van der Waals surface area contributed by atoms with Crippen LogP contribution in [0.25, 0.3) is 17.0 Å². The second-order valence-corrected chi connectivity index (χ2v) is 7.26. The number of amides is 2. The minimum atomic E-state index is -0.481. The third-order valence-electron chi connectivity index (χ3n) is 5.13. The van der Waals surface area contributed by atoms with E-state index in [2.05, 4.69) is 9.88 Å². The number of nitrogens with zero attached hydrogens (tertiary/aromatic N) is 2. The predicted molar refractivity (Wildman–Crippen MR) is 115 cm³/mol. The number of hydrogen-bond donors (Lipinski definition) is 1. The maximum absolute atomic E-state index is 13.2. The minimum Gasteiger partial charge on any atom is -0.347 e. The van der Waals surface area contributed by atoms with E-state index >= 15 is 0 Å². The molecule has 1 aliphatic rings. The fraction of sp³-hybridized carbons (Fsp3) is 0.136. The SMILES string of the molecule is Cc1ccc(N2C(=O)/C(=C\c3c(C)n(C)c4ccccc34)C(=O)NC2=S)cc1. The lowest BCUT2D eigenvalue weighted by atomic mass is 10.0. The number of anilines is 1. The Morgan fingerprint density at radius 1 is 1.00 bits per heavy atom. The summed E-state index contributed by atoms with van der Waals surface area (Å²) in [5, 5.41) is 3.72. The molecule has 1 aliphatic heterocycles. The predicted octanol–water partition coefficient (Wildman–Crippen LogP) is 3.63. The molecule has 2 aromatic carbocycles. The minimum absolute atomic E-state index is 0.0635. The van der Waals surface area contributed by atoms with E-state index in [1.165, 1.54) is 4.90 Å². The average Bonchev–Trinajstić information content (AvgIpc) is 2.91. The fourth-order valence-electron chi connectivity index (χ4n) is 3.46. The van der Waals surface area contributed by atoms with Crippen LogP contribution in [0.5, 0.6) is 0 Å². The molecule has 1 saturated heterocycles. The van der Waals surface area contributed by atoms with Gasteiger partial charge in [0.2, 0.25) is 0 Å². The number of rotatable bonds is 2. The molecule has 1 fully saturated rings. The number of aryl methyl sites for hydroxylation is 2. The van der Waals surface area contributed by atoms with Gasteiger partial charge in [0, 0.05) is 29.2 Å². The van der Waals surface area contributed by atoms with Crippen LogP contribution in [0.3, 0.4) is 0 Å². The van der Waals surface area contributed by atoms with Gasteiger partial charge in [-0.3, -0.25) is 19.8 Å². The van der Waals surface area contributed by atoms with Crippen molar-refractivity contribution in [3.05, 3.63) is 70.9 Å². The Bertz CT molecular complexity index is 1170. The second-order valence-electron chi connectivity index (χ2n) is 6.87. The number of benzene rings is 2. The van der Waals surface area contributed by atoms with E-state index in [0.29, 0.717) is 5.69 Å². The Morgan fingerprint density at radius 2 is 1.68 bits per heavy atom. The monoisotopic (exact) mass is 389 g/mol. The van der Waals surface area contributed by atoms with Crippen molar-refractivity contribution in [2.45, 2.75) is 13.8 Å². The Hall–Kier alpha value is -3.25. The molecular weight excluding hydrogens is 370 g/mol. The molecule has 140 valence electrons. The highest BCUT2D eigenvalue weighted by atomic mass is 32.1. The van der Waals surface area contributed by atoms with Crippen molar-refractivity contribution in [2.75, 3.05) is 4.90 Å². The summed E-state index contributed by atoms with van der Waals surface area (Å²) in [4.78, 5) is 27.1. The zero-order chi connectivity index (χ0) is 20.0. The summed E-state index contributed by atoms with van der Waals surface area (Å²) in [6.45, 7) is 3.94. The lowest BCUT2D eigenvalue weighted by Crippen LogP contribution is -2.54. The Kier molecular flexibility index (Phi) is 4.35. The molecule has 2 amide bonds. The lowest BCUT2D eigenvalue weighted by molar-refractivity contribution is -0.122. The van der Waals surface area contributed by atoms with E-state index in [9.17, 15) is 9.59 Å². The molecule has 28 heavy (non-hydrogen) atoms. The first-order valence-corrected chi connectivity index (χ1v) is 9.31. The van der Waals surface area contributed by atoms with Crippen LogP contribution in [0.2, 0.25) is 0 Å². The standard InChI is InChI=1S/C22H19N3O2S/c1-13-8-10-15(11-9-13)25-21(27)18(20(26)23-22(25)28)12-17-14(2)24(3)19-7-5-4-6-16(17)19/h4-12H,1-3H3,(H,23,26,28)/b18-12-. The topological polar surface area (TPSA) is 54.3 Å². The van der Waals surface area contributed by atoms with Crippen molar-refractivity contribution in [3.63, 3.8) is 0 Å². The zero-order valence-electron chi connectivity index (χ0n) is 15.8. The van der Waals surface area contributed by atoms with E-state index in [1.54, 1.807) is 6.08 Å². The highest BCUT2D eigenvalue weighted by molar-refractivity contribution is 7.80. The van der Waals surface area contributed by atoms with Gasteiger partial charge in [-0.05, 0) is 50.3 Å². The summed E-state index contributed by atoms with van der Waals surface area (Å²) in [7, 11) is 1.97. The fourth-order valence-corrected chi connectivity index (χ4v) is 3.74. The molecule has 0 unspecified atom stereocenters. The smallest absolute Gasteiger partial charge is 0.270 e. The van der Waals surface area contributed by atoms with Gasteiger partial charge >= 0.3 is 0 Å². The summed E-state index contributed by atoms with van der Waals surface area (Å²) in [6.07, 6.45) is 1.66. The first kappa shape index (κ1) is 18.1. The summed E-state index contributed by atoms with van der Waals surface area (Å²) in [6, 6.07) is 15.4. The van der Waals surface area contributed by atoms with Gasteiger partial charge < -0.3 is 4.57 Å². The van der Waals surface area contributed by atoms with Gasteiger partial charge in [-0.1, -0.05) is 35.9 Å². The van der Waals surface area contributed by atoms with Crippen LogP contribution in [-0.2, 0) is 16.6 Å². The van der Waals surface area contributed by atoms with Crippen molar-refractivity contribution < 1.29 is 9.59 Å². The Balaban J connectivity index is 1.84. The van der Waals surface area contributed by atoms with Gasteiger partial charge in [0.25, 0.3) is 11.8 Å². The van der Waals surface area contributed by atoms with Crippen LogP contribution in [0.4, 0.5) is 5.69 Å². The highest BCUT2D eigenvalue weighted by Crippen LogP contribution is 2.29. The average molecular weight is 389 g/mol. The number of thiocarbonyl (C=S) groups is 1. The van der Waals surface area contributed by atoms with Gasteiger partial charge in [-0.2, -0.15) is 0 Å². The summed E-state index contributed by atoms with van der Waals surface area (Å²) < 4.78 is 2.05. The quantitative estimate of drug-likeness (QED) is 0.414. The van der Waals surface area contributed by atoms with Crippen molar-refractivity contribution in [3.8, 4) is 0 Å². The third kappa shape index (κ3) is 2.82. The summed E-state index contributed by atoms with van der Waals surface area (Å²) in [5.41, 5.74) is 4.64. The molecule has 0 saturated carbocycles. The lowest BCUT2D eigenvalue weighted by Gasteiger charge is -2.29. The van der Waals surface area contributed by atoms with E-state index in [1.807, 2.05) is 69.4 Å². The molecular formula is C22H19N3O2S. The van der Waals surface area contributed by atoms with Crippen LogP contribution in [-0.4, -0.2) is 21.5 Å². The van der Waals surface area contributed by atoms with Crippen LogP contribution < -0.4 is 10.2 Å². The van der Waals surface area contributed by atoms with Gasteiger partial charge in [0.05, 0.1) is 5.69 Å².